The number of piperidine rings is 1. The van der Waals surface area contributed by atoms with Gasteiger partial charge in [-0.05, 0) is 61.3 Å². The lowest BCUT2D eigenvalue weighted by atomic mass is 10.1. The van der Waals surface area contributed by atoms with E-state index < -0.39 is 0 Å². The highest BCUT2D eigenvalue weighted by Gasteiger charge is 2.14. The van der Waals surface area contributed by atoms with Gasteiger partial charge in [0, 0.05) is 48.1 Å². The molecule has 1 fully saturated rings. The van der Waals surface area contributed by atoms with Crippen LogP contribution in [0.3, 0.4) is 0 Å². The summed E-state index contributed by atoms with van der Waals surface area (Å²) in [4.78, 5) is 22.3. The second-order valence-corrected chi connectivity index (χ2v) is 6.95. The molecule has 0 unspecified atom stereocenters. The van der Waals surface area contributed by atoms with E-state index in [0.29, 0.717) is 12.1 Å². The van der Waals surface area contributed by atoms with Gasteiger partial charge in [-0.2, -0.15) is 0 Å². The Morgan fingerprint density at radius 2 is 1.92 bits per heavy atom. The average Bonchev–Trinajstić information content (AvgIpc) is 3.10. The van der Waals surface area contributed by atoms with Crippen molar-refractivity contribution in [2.75, 3.05) is 13.1 Å². The number of hydrogen-bond acceptors (Lipinski definition) is 3. The zero-order chi connectivity index (χ0) is 17.8. The van der Waals surface area contributed by atoms with Gasteiger partial charge >= 0.3 is 0 Å². The number of nitrogens with zero attached hydrogens (tertiary/aromatic N) is 2. The molecule has 2 aromatic heterocycles. The summed E-state index contributed by atoms with van der Waals surface area (Å²) in [5, 5.41) is 4.17. The summed E-state index contributed by atoms with van der Waals surface area (Å²) in [6.45, 7) is 3.85. The number of aromatic amines is 1. The van der Waals surface area contributed by atoms with Gasteiger partial charge in [-0.1, -0.05) is 12.5 Å². The predicted molar refractivity (Wildman–Crippen MR) is 103 cm³/mol. The number of hydrogen-bond donors (Lipinski definition) is 2. The maximum Gasteiger partial charge on any atom is 0.251 e. The normalized spacial score (nSPS) is 15.2. The molecule has 2 N–H and O–H groups in total. The first-order valence-electron chi connectivity index (χ1n) is 9.29. The molecule has 0 radical (unpaired) electrons. The van der Waals surface area contributed by atoms with Gasteiger partial charge in [0.05, 0.1) is 0 Å². The number of amides is 1. The summed E-state index contributed by atoms with van der Waals surface area (Å²) in [5.74, 6) is -0.0594. The van der Waals surface area contributed by atoms with E-state index in [0.717, 1.165) is 17.6 Å². The lowest BCUT2D eigenvalue weighted by Gasteiger charge is -2.26. The SMILES string of the molecule is O=C(NCc1ccncc1)c1ccc2c(CN3CCCCC3)c[nH]c2c1. The third kappa shape index (κ3) is 3.78. The summed E-state index contributed by atoms with van der Waals surface area (Å²) in [7, 11) is 0. The predicted octanol–water partition coefficient (Wildman–Crippen LogP) is 3.48. The molecule has 26 heavy (non-hydrogen) atoms. The average molecular weight is 348 g/mol. The fraction of sp³-hybridized carbons (Fsp3) is 0.333. The molecule has 5 heteroatoms. The molecule has 3 heterocycles. The van der Waals surface area contributed by atoms with Gasteiger partial charge in [0.15, 0.2) is 0 Å². The van der Waals surface area contributed by atoms with Crippen molar-refractivity contribution < 1.29 is 4.79 Å². The fourth-order valence-corrected chi connectivity index (χ4v) is 3.60. The van der Waals surface area contributed by atoms with Crippen molar-refractivity contribution in [1.82, 2.24) is 20.2 Å². The Morgan fingerprint density at radius 1 is 1.12 bits per heavy atom. The highest BCUT2D eigenvalue weighted by molar-refractivity contribution is 5.98. The summed E-state index contributed by atoms with van der Waals surface area (Å²) in [5.41, 5.74) is 4.05. The molecule has 4 rings (SSSR count). The number of aromatic nitrogens is 2. The van der Waals surface area contributed by atoms with Crippen LogP contribution >= 0.6 is 0 Å². The third-order valence-electron chi connectivity index (χ3n) is 5.07. The van der Waals surface area contributed by atoms with Gasteiger partial charge < -0.3 is 10.3 Å². The van der Waals surface area contributed by atoms with E-state index in [1.807, 2.05) is 24.3 Å². The lowest BCUT2D eigenvalue weighted by molar-refractivity contribution is 0.0951. The van der Waals surface area contributed by atoms with Crippen LogP contribution < -0.4 is 5.32 Å². The number of carbonyl (C=O) groups excluding carboxylic acids is 1. The second-order valence-electron chi connectivity index (χ2n) is 6.95. The van der Waals surface area contributed by atoms with Crippen LogP contribution in [0, 0.1) is 0 Å². The van der Waals surface area contributed by atoms with Crippen molar-refractivity contribution in [3.63, 3.8) is 0 Å². The van der Waals surface area contributed by atoms with E-state index in [1.165, 1.54) is 43.3 Å². The molecule has 0 atom stereocenters. The second kappa shape index (κ2) is 7.70. The van der Waals surface area contributed by atoms with Crippen molar-refractivity contribution in [3.8, 4) is 0 Å². The molecule has 1 aromatic carbocycles. The number of likely N-dealkylation sites (tertiary alicyclic amines) is 1. The Hall–Kier alpha value is -2.66. The van der Waals surface area contributed by atoms with Gasteiger partial charge in [-0.25, -0.2) is 0 Å². The highest BCUT2D eigenvalue weighted by Crippen LogP contribution is 2.22. The van der Waals surface area contributed by atoms with Crippen LogP contribution in [0.1, 0.15) is 40.7 Å². The highest BCUT2D eigenvalue weighted by atomic mass is 16.1. The molecule has 1 amide bonds. The number of carbonyl (C=O) groups is 1. The molecule has 3 aromatic rings. The van der Waals surface area contributed by atoms with Gasteiger partial charge in [0.1, 0.15) is 0 Å². The maximum absolute atomic E-state index is 12.4. The minimum atomic E-state index is -0.0594. The third-order valence-corrected chi connectivity index (χ3v) is 5.07. The molecule has 1 saturated heterocycles. The van der Waals surface area contributed by atoms with Crippen molar-refractivity contribution in [2.45, 2.75) is 32.4 Å². The van der Waals surface area contributed by atoms with Crippen LogP contribution in [0.15, 0.2) is 48.9 Å². The molecule has 0 bridgehead atoms. The molecule has 5 nitrogen and oxygen atoms in total. The number of pyridine rings is 1. The minimum Gasteiger partial charge on any atom is -0.361 e. The van der Waals surface area contributed by atoms with E-state index in [4.69, 9.17) is 0 Å². The summed E-state index contributed by atoms with van der Waals surface area (Å²) in [6, 6.07) is 9.73. The zero-order valence-corrected chi connectivity index (χ0v) is 14.9. The van der Waals surface area contributed by atoms with Crippen LogP contribution in [0.25, 0.3) is 10.9 Å². The largest absolute Gasteiger partial charge is 0.361 e. The van der Waals surface area contributed by atoms with Crippen molar-refractivity contribution in [2.24, 2.45) is 0 Å². The summed E-state index contributed by atoms with van der Waals surface area (Å²) >= 11 is 0. The van der Waals surface area contributed by atoms with E-state index in [1.54, 1.807) is 12.4 Å². The number of fused-ring (bicyclic) bond motifs is 1. The Labute approximate surface area is 153 Å². The monoisotopic (exact) mass is 348 g/mol. The summed E-state index contributed by atoms with van der Waals surface area (Å²) in [6.07, 6.45) is 9.49. The Bertz CT molecular complexity index is 881. The topological polar surface area (TPSA) is 61.0 Å². The molecular weight excluding hydrogens is 324 g/mol. The van der Waals surface area contributed by atoms with E-state index in [2.05, 4.69) is 32.4 Å². The zero-order valence-electron chi connectivity index (χ0n) is 14.9. The number of H-pyrrole nitrogens is 1. The lowest BCUT2D eigenvalue weighted by Crippen LogP contribution is -2.28. The van der Waals surface area contributed by atoms with Gasteiger partial charge in [0.25, 0.3) is 5.91 Å². The Kier molecular flexibility index (Phi) is 4.97. The first-order chi connectivity index (χ1) is 12.8. The van der Waals surface area contributed by atoms with Crippen LogP contribution in [0.5, 0.6) is 0 Å². The molecule has 134 valence electrons. The van der Waals surface area contributed by atoms with Crippen LogP contribution in [-0.4, -0.2) is 33.9 Å². The van der Waals surface area contributed by atoms with Crippen LogP contribution in [-0.2, 0) is 13.1 Å². The van der Waals surface area contributed by atoms with Crippen molar-refractivity contribution in [1.29, 1.82) is 0 Å². The standard InChI is InChI=1S/C21H24N4O/c26-21(24-13-16-6-8-22-9-7-16)17-4-5-19-18(14-23-20(19)12-17)15-25-10-2-1-3-11-25/h4-9,12,14,23H,1-3,10-11,13,15H2,(H,24,26). The molecule has 1 aliphatic heterocycles. The molecule has 1 aliphatic rings. The van der Waals surface area contributed by atoms with Crippen molar-refractivity contribution >= 4 is 16.8 Å². The number of benzene rings is 1. The molecule has 0 saturated carbocycles. The number of rotatable bonds is 5. The van der Waals surface area contributed by atoms with Crippen LogP contribution in [0.2, 0.25) is 0 Å². The Morgan fingerprint density at radius 3 is 2.73 bits per heavy atom. The van der Waals surface area contributed by atoms with Gasteiger partial charge in [-0.3, -0.25) is 14.7 Å². The van der Waals surface area contributed by atoms with Crippen molar-refractivity contribution in [3.05, 3.63) is 65.6 Å². The molecular formula is C21H24N4O. The first-order valence-corrected chi connectivity index (χ1v) is 9.29. The Balaban J connectivity index is 1.44. The minimum absolute atomic E-state index is 0.0594. The maximum atomic E-state index is 12.4. The number of nitrogens with one attached hydrogen (secondary N) is 2. The molecule has 0 spiro atoms. The van der Waals surface area contributed by atoms with Gasteiger partial charge in [0.2, 0.25) is 0 Å². The van der Waals surface area contributed by atoms with Crippen LogP contribution in [0.4, 0.5) is 0 Å². The van der Waals surface area contributed by atoms with Gasteiger partial charge in [-0.15, -0.1) is 0 Å². The quantitative estimate of drug-likeness (QED) is 0.742. The molecule has 0 aliphatic carbocycles. The fourth-order valence-electron chi connectivity index (χ4n) is 3.60. The smallest absolute Gasteiger partial charge is 0.251 e. The van der Waals surface area contributed by atoms with E-state index in [-0.39, 0.29) is 5.91 Å². The first kappa shape index (κ1) is 16.8. The van der Waals surface area contributed by atoms with E-state index in [9.17, 15) is 4.79 Å². The summed E-state index contributed by atoms with van der Waals surface area (Å²) < 4.78 is 0. The van der Waals surface area contributed by atoms with E-state index >= 15 is 0 Å².